The van der Waals surface area contributed by atoms with Crippen molar-refractivity contribution in [1.82, 2.24) is 15.5 Å². The molecule has 8 heteroatoms. The molecule has 2 fully saturated rings. The number of benzene rings is 1. The molecule has 1 aromatic rings. The molecule has 2 aliphatic heterocycles. The number of nitrogens with zero attached hydrogens (tertiary/aromatic N) is 1. The molecule has 0 aliphatic carbocycles. The number of rotatable bonds is 8. The molecule has 0 bridgehead atoms. The fourth-order valence-corrected chi connectivity index (χ4v) is 3.69. The van der Waals surface area contributed by atoms with Gasteiger partial charge in [0.1, 0.15) is 17.9 Å². The van der Waals surface area contributed by atoms with Gasteiger partial charge in [-0.25, -0.2) is 9.18 Å². The van der Waals surface area contributed by atoms with Crippen LogP contribution in [0.2, 0.25) is 0 Å². The van der Waals surface area contributed by atoms with Gasteiger partial charge in [-0.1, -0.05) is 31.9 Å². The minimum absolute atomic E-state index is 0.0186. The van der Waals surface area contributed by atoms with E-state index in [2.05, 4.69) is 10.6 Å². The summed E-state index contributed by atoms with van der Waals surface area (Å²) in [6.45, 7) is 2.68. The summed E-state index contributed by atoms with van der Waals surface area (Å²) in [6.07, 6.45) is 3.73. The zero-order valence-electron chi connectivity index (χ0n) is 16.0. The van der Waals surface area contributed by atoms with Gasteiger partial charge in [-0.05, 0) is 37.0 Å². The number of ether oxygens (including phenoxy) is 1. The van der Waals surface area contributed by atoms with Crippen molar-refractivity contribution in [3.63, 3.8) is 0 Å². The number of hydrogen-bond acceptors (Lipinski definition) is 4. The molecule has 7 nitrogen and oxygen atoms in total. The van der Waals surface area contributed by atoms with Gasteiger partial charge in [-0.2, -0.15) is 0 Å². The first kappa shape index (κ1) is 20.3. The van der Waals surface area contributed by atoms with Crippen molar-refractivity contribution in [2.45, 2.75) is 50.7 Å². The number of imide groups is 1. The zero-order valence-corrected chi connectivity index (χ0v) is 16.0. The van der Waals surface area contributed by atoms with Crippen molar-refractivity contribution in [3.05, 3.63) is 35.6 Å². The van der Waals surface area contributed by atoms with Crippen molar-refractivity contribution >= 4 is 17.8 Å². The van der Waals surface area contributed by atoms with Crippen LogP contribution in [0.25, 0.3) is 0 Å². The fourth-order valence-electron chi connectivity index (χ4n) is 3.69. The van der Waals surface area contributed by atoms with E-state index in [4.69, 9.17) is 4.74 Å². The Morgan fingerprint density at radius 1 is 1.36 bits per heavy atom. The van der Waals surface area contributed by atoms with Gasteiger partial charge in [-0.3, -0.25) is 14.5 Å². The van der Waals surface area contributed by atoms with E-state index in [1.807, 2.05) is 6.92 Å². The van der Waals surface area contributed by atoms with Crippen LogP contribution >= 0.6 is 0 Å². The molecule has 2 heterocycles. The highest BCUT2D eigenvalue weighted by Gasteiger charge is 2.52. The second kappa shape index (κ2) is 8.68. The second-order valence-corrected chi connectivity index (χ2v) is 7.28. The minimum atomic E-state index is -1.27. The Labute approximate surface area is 163 Å². The molecule has 0 spiro atoms. The first-order valence-electron chi connectivity index (χ1n) is 9.74. The number of nitrogens with one attached hydrogen (secondary N) is 2. The summed E-state index contributed by atoms with van der Waals surface area (Å²) >= 11 is 0. The molecule has 152 valence electrons. The van der Waals surface area contributed by atoms with Crippen LogP contribution in [0.4, 0.5) is 9.18 Å². The SMILES string of the molecule is CCCC[C@@]1(c2ccc(F)cc2)NC(=O)N(CC(=O)NC[C@H]2CCCO2)C1=O. The normalized spacial score (nSPS) is 24.5. The van der Waals surface area contributed by atoms with E-state index in [1.165, 1.54) is 24.3 Å². The molecule has 0 radical (unpaired) electrons. The number of halogens is 1. The number of unbranched alkanes of at least 4 members (excludes halogenated alkanes) is 1. The number of carbonyl (C=O) groups excluding carboxylic acids is 3. The maximum atomic E-state index is 13.3. The van der Waals surface area contributed by atoms with Gasteiger partial charge in [0.25, 0.3) is 5.91 Å². The van der Waals surface area contributed by atoms with Crippen molar-refractivity contribution in [2.24, 2.45) is 0 Å². The number of carbonyl (C=O) groups is 3. The van der Waals surface area contributed by atoms with Crippen LogP contribution in [0.5, 0.6) is 0 Å². The summed E-state index contributed by atoms with van der Waals surface area (Å²) in [7, 11) is 0. The number of amides is 4. The smallest absolute Gasteiger partial charge is 0.325 e. The first-order valence-corrected chi connectivity index (χ1v) is 9.74. The predicted octanol–water partition coefficient (Wildman–Crippen LogP) is 2.06. The maximum absolute atomic E-state index is 13.3. The standard InChI is InChI=1S/C20H26FN3O4/c1-2-3-10-20(14-6-8-15(21)9-7-14)18(26)24(19(27)23-20)13-17(25)22-12-16-5-4-11-28-16/h6-9,16H,2-5,10-13H2,1H3,(H,22,25)(H,23,27)/t16-,20+/m1/s1. The van der Waals surface area contributed by atoms with E-state index in [1.54, 1.807) is 0 Å². The lowest BCUT2D eigenvalue weighted by Gasteiger charge is -2.27. The first-order chi connectivity index (χ1) is 13.5. The van der Waals surface area contributed by atoms with Gasteiger partial charge in [0.2, 0.25) is 5.91 Å². The summed E-state index contributed by atoms with van der Waals surface area (Å²) in [5, 5.41) is 5.47. The molecule has 0 saturated carbocycles. The average molecular weight is 391 g/mol. The molecule has 2 N–H and O–H groups in total. The molecule has 2 aliphatic rings. The van der Waals surface area contributed by atoms with E-state index in [0.29, 0.717) is 31.6 Å². The maximum Gasteiger partial charge on any atom is 0.325 e. The minimum Gasteiger partial charge on any atom is -0.376 e. The highest BCUT2D eigenvalue weighted by atomic mass is 19.1. The van der Waals surface area contributed by atoms with Gasteiger partial charge in [0.15, 0.2) is 0 Å². The van der Waals surface area contributed by atoms with E-state index in [-0.39, 0.29) is 12.6 Å². The molecule has 4 amide bonds. The zero-order chi connectivity index (χ0) is 20.1. The Kier molecular flexibility index (Phi) is 6.28. The Morgan fingerprint density at radius 2 is 2.11 bits per heavy atom. The fraction of sp³-hybridized carbons (Fsp3) is 0.550. The Morgan fingerprint density at radius 3 is 2.75 bits per heavy atom. The molecule has 0 unspecified atom stereocenters. The highest BCUT2D eigenvalue weighted by Crippen LogP contribution is 2.34. The third-order valence-electron chi connectivity index (χ3n) is 5.27. The van der Waals surface area contributed by atoms with Crippen LogP contribution in [0.15, 0.2) is 24.3 Å². The quantitative estimate of drug-likeness (QED) is 0.664. The van der Waals surface area contributed by atoms with Gasteiger partial charge in [0.05, 0.1) is 6.10 Å². The average Bonchev–Trinajstić information content (AvgIpc) is 3.28. The topological polar surface area (TPSA) is 87.7 Å². The van der Waals surface area contributed by atoms with Crippen LogP contribution < -0.4 is 10.6 Å². The predicted molar refractivity (Wildman–Crippen MR) is 99.8 cm³/mol. The van der Waals surface area contributed by atoms with E-state index < -0.39 is 29.2 Å². The van der Waals surface area contributed by atoms with Crippen molar-refractivity contribution < 1.29 is 23.5 Å². The lowest BCUT2D eigenvalue weighted by atomic mass is 9.85. The van der Waals surface area contributed by atoms with Crippen LogP contribution in [-0.4, -0.2) is 48.5 Å². The van der Waals surface area contributed by atoms with Crippen molar-refractivity contribution in [2.75, 3.05) is 19.7 Å². The molecule has 2 atom stereocenters. The largest absolute Gasteiger partial charge is 0.376 e. The second-order valence-electron chi connectivity index (χ2n) is 7.28. The summed E-state index contributed by atoms with van der Waals surface area (Å²) in [6, 6.07) is 4.92. The van der Waals surface area contributed by atoms with E-state index >= 15 is 0 Å². The third kappa shape index (κ3) is 4.16. The lowest BCUT2D eigenvalue weighted by Crippen LogP contribution is -2.45. The highest BCUT2D eigenvalue weighted by molar-refractivity contribution is 6.09. The van der Waals surface area contributed by atoms with Crippen LogP contribution in [0.3, 0.4) is 0 Å². The molecule has 2 saturated heterocycles. The molecule has 28 heavy (non-hydrogen) atoms. The van der Waals surface area contributed by atoms with Crippen LogP contribution in [0, 0.1) is 5.82 Å². The summed E-state index contributed by atoms with van der Waals surface area (Å²) in [5.41, 5.74) is -0.752. The van der Waals surface area contributed by atoms with E-state index in [0.717, 1.165) is 24.2 Å². The van der Waals surface area contributed by atoms with Gasteiger partial charge >= 0.3 is 6.03 Å². The van der Waals surface area contributed by atoms with E-state index in [9.17, 15) is 18.8 Å². The monoisotopic (exact) mass is 391 g/mol. The summed E-state index contributed by atoms with van der Waals surface area (Å²) in [5.74, 6) is -1.31. The summed E-state index contributed by atoms with van der Waals surface area (Å²) in [4.78, 5) is 38.9. The molecule has 3 rings (SSSR count). The Hall–Kier alpha value is -2.48. The number of hydrogen-bond donors (Lipinski definition) is 2. The molecule has 0 aromatic heterocycles. The van der Waals surface area contributed by atoms with Crippen LogP contribution in [-0.2, 0) is 19.9 Å². The van der Waals surface area contributed by atoms with Crippen LogP contribution in [0.1, 0.15) is 44.6 Å². The van der Waals surface area contributed by atoms with Gasteiger partial charge in [-0.15, -0.1) is 0 Å². The lowest BCUT2D eigenvalue weighted by molar-refractivity contribution is -0.135. The van der Waals surface area contributed by atoms with Gasteiger partial charge < -0.3 is 15.4 Å². The Bertz CT molecular complexity index is 733. The Balaban J connectivity index is 1.72. The molecular formula is C20H26FN3O4. The summed E-state index contributed by atoms with van der Waals surface area (Å²) < 4.78 is 18.8. The van der Waals surface area contributed by atoms with Gasteiger partial charge in [0, 0.05) is 13.2 Å². The van der Waals surface area contributed by atoms with Crippen molar-refractivity contribution in [3.8, 4) is 0 Å². The molecular weight excluding hydrogens is 365 g/mol. The third-order valence-corrected chi connectivity index (χ3v) is 5.27. The van der Waals surface area contributed by atoms with Crippen molar-refractivity contribution in [1.29, 1.82) is 0 Å². The number of urea groups is 1. The molecule has 1 aromatic carbocycles.